The molecule has 1 saturated heterocycles. The van der Waals surface area contributed by atoms with Crippen LogP contribution < -0.4 is 4.74 Å². The smallest absolute Gasteiger partial charge is 0.261 e. The van der Waals surface area contributed by atoms with Crippen LogP contribution in [0.5, 0.6) is 5.75 Å². The number of aryl methyl sites for hydroxylation is 1. The Bertz CT molecular complexity index is 929. The molecule has 1 amide bonds. The average Bonchev–Trinajstić information content (AvgIpc) is 2.97. The van der Waals surface area contributed by atoms with Crippen molar-refractivity contribution in [1.82, 2.24) is 4.90 Å². The van der Waals surface area contributed by atoms with Crippen LogP contribution in [-0.2, 0) is 21.2 Å². The van der Waals surface area contributed by atoms with Gasteiger partial charge in [-0.2, -0.15) is 0 Å². The highest BCUT2D eigenvalue weighted by atomic mass is 35.5. The van der Waals surface area contributed by atoms with Crippen LogP contribution in [0.3, 0.4) is 0 Å². The molecule has 7 heteroatoms. The number of hydrogen-bond donors (Lipinski definition) is 0. The molecule has 1 aliphatic rings. The van der Waals surface area contributed by atoms with Gasteiger partial charge in [0.15, 0.2) is 16.4 Å². The standard InChI is InChI=1S/C20H22ClNO4S/c1-15-4-2-7-19(10-15)26-13-20(23)22(18-8-9-27(24,25)14-18)12-16-5-3-6-17(21)11-16/h2-7,10-11,18H,8-9,12-14H2,1H3/t18-/m0/s1. The quantitative estimate of drug-likeness (QED) is 0.737. The lowest BCUT2D eigenvalue weighted by molar-refractivity contribution is -0.136. The molecule has 144 valence electrons. The molecule has 1 aliphatic heterocycles. The summed E-state index contributed by atoms with van der Waals surface area (Å²) < 4.78 is 29.4. The number of rotatable bonds is 6. The zero-order valence-corrected chi connectivity index (χ0v) is 16.7. The van der Waals surface area contributed by atoms with Crippen molar-refractivity contribution >= 4 is 27.3 Å². The second-order valence-electron chi connectivity index (χ2n) is 6.81. The topological polar surface area (TPSA) is 63.7 Å². The second-order valence-corrected chi connectivity index (χ2v) is 9.48. The summed E-state index contributed by atoms with van der Waals surface area (Å²) in [4.78, 5) is 14.5. The molecule has 3 rings (SSSR count). The molecule has 27 heavy (non-hydrogen) atoms. The highest BCUT2D eigenvalue weighted by molar-refractivity contribution is 7.91. The molecule has 0 spiro atoms. The van der Waals surface area contributed by atoms with E-state index in [4.69, 9.17) is 16.3 Å². The highest BCUT2D eigenvalue weighted by Crippen LogP contribution is 2.22. The van der Waals surface area contributed by atoms with E-state index in [1.54, 1.807) is 23.1 Å². The van der Waals surface area contributed by atoms with Crippen LogP contribution in [0.2, 0.25) is 5.02 Å². The fraction of sp³-hybridized carbons (Fsp3) is 0.350. The number of carbonyl (C=O) groups excluding carboxylic acids is 1. The van der Waals surface area contributed by atoms with Gasteiger partial charge in [0.25, 0.3) is 5.91 Å². The van der Waals surface area contributed by atoms with Gasteiger partial charge in [-0.1, -0.05) is 35.9 Å². The maximum absolute atomic E-state index is 12.9. The average molecular weight is 408 g/mol. The lowest BCUT2D eigenvalue weighted by Gasteiger charge is -2.28. The summed E-state index contributed by atoms with van der Waals surface area (Å²) >= 11 is 6.04. The van der Waals surface area contributed by atoms with Crippen molar-refractivity contribution in [2.75, 3.05) is 18.1 Å². The third kappa shape index (κ3) is 5.47. The molecule has 1 heterocycles. The Morgan fingerprint density at radius 3 is 2.67 bits per heavy atom. The third-order valence-corrected chi connectivity index (χ3v) is 6.55. The first kappa shape index (κ1) is 19.7. The molecular formula is C20H22ClNO4S. The van der Waals surface area contributed by atoms with E-state index in [1.807, 2.05) is 37.3 Å². The Morgan fingerprint density at radius 1 is 1.22 bits per heavy atom. The van der Waals surface area contributed by atoms with Crippen molar-refractivity contribution in [3.63, 3.8) is 0 Å². The summed E-state index contributed by atoms with van der Waals surface area (Å²) in [5, 5.41) is 0.579. The van der Waals surface area contributed by atoms with E-state index in [1.165, 1.54) is 0 Å². The molecule has 0 radical (unpaired) electrons. The molecule has 0 N–H and O–H groups in total. The van der Waals surface area contributed by atoms with Crippen LogP contribution in [0.15, 0.2) is 48.5 Å². The van der Waals surface area contributed by atoms with Gasteiger partial charge < -0.3 is 9.64 Å². The van der Waals surface area contributed by atoms with E-state index in [9.17, 15) is 13.2 Å². The summed E-state index contributed by atoms with van der Waals surface area (Å²) in [7, 11) is -3.11. The van der Waals surface area contributed by atoms with Crippen LogP contribution in [0.4, 0.5) is 0 Å². The van der Waals surface area contributed by atoms with E-state index in [0.717, 1.165) is 11.1 Å². The molecule has 0 bridgehead atoms. The Kier molecular flexibility index (Phi) is 6.07. The molecule has 2 aromatic rings. The van der Waals surface area contributed by atoms with E-state index in [0.29, 0.717) is 23.7 Å². The number of ether oxygens (including phenoxy) is 1. The lowest BCUT2D eigenvalue weighted by atomic mass is 10.1. The van der Waals surface area contributed by atoms with Crippen molar-refractivity contribution in [2.24, 2.45) is 0 Å². The van der Waals surface area contributed by atoms with Gasteiger partial charge in [-0.3, -0.25) is 4.79 Å². The van der Waals surface area contributed by atoms with Gasteiger partial charge in [0.05, 0.1) is 11.5 Å². The minimum atomic E-state index is -3.11. The first-order valence-corrected chi connectivity index (χ1v) is 11.0. The zero-order valence-electron chi connectivity index (χ0n) is 15.1. The van der Waals surface area contributed by atoms with E-state index in [2.05, 4.69) is 0 Å². The van der Waals surface area contributed by atoms with Gasteiger partial charge in [-0.25, -0.2) is 8.42 Å². The molecule has 0 unspecified atom stereocenters. The molecule has 1 fully saturated rings. The zero-order chi connectivity index (χ0) is 19.4. The fourth-order valence-electron chi connectivity index (χ4n) is 3.21. The Hall–Kier alpha value is -2.05. The monoisotopic (exact) mass is 407 g/mol. The van der Waals surface area contributed by atoms with Crippen LogP contribution in [0.1, 0.15) is 17.5 Å². The fourth-order valence-corrected chi connectivity index (χ4v) is 5.15. The normalized spacial score (nSPS) is 18.2. The first-order chi connectivity index (χ1) is 12.8. The van der Waals surface area contributed by atoms with Gasteiger partial charge in [0, 0.05) is 17.6 Å². The number of benzene rings is 2. The summed E-state index contributed by atoms with van der Waals surface area (Å²) in [6.45, 7) is 2.11. The largest absolute Gasteiger partial charge is 0.484 e. The minimum Gasteiger partial charge on any atom is -0.484 e. The Morgan fingerprint density at radius 2 is 2.00 bits per heavy atom. The van der Waals surface area contributed by atoms with Crippen LogP contribution in [-0.4, -0.2) is 43.4 Å². The maximum atomic E-state index is 12.9. The van der Waals surface area contributed by atoms with Gasteiger partial charge in [0.1, 0.15) is 5.75 Å². The molecule has 0 aromatic heterocycles. The minimum absolute atomic E-state index is 0.0102. The van der Waals surface area contributed by atoms with Crippen molar-refractivity contribution in [2.45, 2.75) is 25.9 Å². The van der Waals surface area contributed by atoms with Crippen molar-refractivity contribution < 1.29 is 17.9 Å². The lowest BCUT2D eigenvalue weighted by Crippen LogP contribution is -2.43. The SMILES string of the molecule is Cc1cccc(OCC(=O)N(Cc2cccc(Cl)c2)[C@H]2CCS(=O)(=O)C2)c1. The molecule has 5 nitrogen and oxygen atoms in total. The predicted molar refractivity (Wildman–Crippen MR) is 106 cm³/mol. The first-order valence-electron chi connectivity index (χ1n) is 8.76. The number of amides is 1. The maximum Gasteiger partial charge on any atom is 0.261 e. The molecule has 0 aliphatic carbocycles. The molecular weight excluding hydrogens is 386 g/mol. The molecule has 0 saturated carbocycles. The summed E-state index contributed by atoms with van der Waals surface area (Å²) in [5.74, 6) is 0.475. The molecule has 2 aromatic carbocycles. The molecule has 1 atom stereocenters. The predicted octanol–water partition coefficient (Wildman–Crippen LogP) is 3.24. The summed E-state index contributed by atoms with van der Waals surface area (Å²) in [5.41, 5.74) is 1.90. The third-order valence-electron chi connectivity index (χ3n) is 4.56. The number of nitrogens with zero attached hydrogens (tertiary/aromatic N) is 1. The second kappa shape index (κ2) is 8.31. The Labute approximate surface area is 164 Å². The van der Waals surface area contributed by atoms with Gasteiger partial charge >= 0.3 is 0 Å². The number of halogens is 1. The van der Waals surface area contributed by atoms with Crippen molar-refractivity contribution in [3.8, 4) is 5.75 Å². The number of sulfone groups is 1. The van der Waals surface area contributed by atoms with E-state index in [-0.39, 0.29) is 30.1 Å². The number of carbonyl (C=O) groups is 1. The van der Waals surface area contributed by atoms with Crippen LogP contribution in [0, 0.1) is 6.92 Å². The summed E-state index contributed by atoms with van der Waals surface area (Å²) in [6.07, 6.45) is 0.444. The van der Waals surface area contributed by atoms with Crippen molar-refractivity contribution in [1.29, 1.82) is 0 Å². The summed E-state index contributed by atoms with van der Waals surface area (Å²) in [6, 6.07) is 14.3. The van der Waals surface area contributed by atoms with E-state index < -0.39 is 9.84 Å². The van der Waals surface area contributed by atoms with Gasteiger partial charge in [-0.05, 0) is 48.7 Å². The Balaban J connectivity index is 1.75. The van der Waals surface area contributed by atoms with Crippen LogP contribution >= 0.6 is 11.6 Å². The van der Waals surface area contributed by atoms with Gasteiger partial charge in [-0.15, -0.1) is 0 Å². The van der Waals surface area contributed by atoms with E-state index >= 15 is 0 Å². The van der Waals surface area contributed by atoms with Crippen LogP contribution in [0.25, 0.3) is 0 Å². The van der Waals surface area contributed by atoms with Crippen molar-refractivity contribution in [3.05, 3.63) is 64.7 Å². The number of hydrogen-bond acceptors (Lipinski definition) is 4. The van der Waals surface area contributed by atoms with Gasteiger partial charge in [0.2, 0.25) is 0 Å². The highest BCUT2D eigenvalue weighted by Gasteiger charge is 2.34.